The Morgan fingerprint density at radius 2 is 1.69 bits per heavy atom. The van der Waals surface area contributed by atoms with E-state index in [4.69, 9.17) is 27.9 Å². The minimum absolute atomic E-state index is 0.00598. The van der Waals surface area contributed by atoms with Crippen LogP contribution in [0, 0.1) is 11.3 Å². The van der Waals surface area contributed by atoms with Crippen molar-refractivity contribution in [2.45, 2.75) is 50.3 Å². The van der Waals surface area contributed by atoms with Gasteiger partial charge in [-0.15, -0.1) is 0 Å². The summed E-state index contributed by atoms with van der Waals surface area (Å²) in [5, 5.41) is 22.4. The molecule has 0 aromatic heterocycles. The molecular weight excluding hydrogens is 657 g/mol. The number of carbonyl (C=O) groups is 4. The summed E-state index contributed by atoms with van der Waals surface area (Å²) in [5.41, 5.74) is -0.171. The molecular formula is C35H35Cl2N5O6. The number of likely N-dealkylation sites (N-methyl/N-ethyl adjacent to an activating group) is 1. The van der Waals surface area contributed by atoms with E-state index in [0.29, 0.717) is 16.7 Å². The zero-order chi connectivity index (χ0) is 35.0. The minimum atomic E-state index is -1.42. The number of esters is 1. The van der Waals surface area contributed by atoms with Gasteiger partial charge in [0.15, 0.2) is 0 Å². The van der Waals surface area contributed by atoms with Gasteiger partial charge in [0.25, 0.3) is 5.91 Å². The number of anilines is 1. The lowest BCUT2D eigenvalue weighted by Gasteiger charge is -2.34. The molecule has 2 saturated heterocycles. The summed E-state index contributed by atoms with van der Waals surface area (Å²) in [7, 11) is 1.54. The van der Waals surface area contributed by atoms with Gasteiger partial charge < -0.3 is 20.1 Å². The van der Waals surface area contributed by atoms with Crippen molar-refractivity contribution in [2.24, 2.45) is 0 Å². The first kappa shape index (κ1) is 34.7. The van der Waals surface area contributed by atoms with E-state index in [9.17, 15) is 29.5 Å². The maximum atomic E-state index is 14.5. The summed E-state index contributed by atoms with van der Waals surface area (Å²) in [4.78, 5) is 59.2. The second-order valence-corrected chi connectivity index (χ2v) is 13.9. The normalized spacial score (nSPS) is 20.2. The Morgan fingerprint density at radius 3 is 2.27 bits per heavy atom. The van der Waals surface area contributed by atoms with Crippen LogP contribution < -0.4 is 10.2 Å². The highest BCUT2D eigenvalue weighted by molar-refractivity contribution is 6.35. The van der Waals surface area contributed by atoms with Gasteiger partial charge in [-0.2, -0.15) is 5.26 Å². The molecule has 3 aromatic carbocycles. The summed E-state index contributed by atoms with van der Waals surface area (Å²) >= 11 is 12.5. The number of benzene rings is 3. The number of ether oxygens (including phenoxy) is 1. The van der Waals surface area contributed by atoms with Crippen LogP contribution in [0.25, 0.3) is 0 Å². The molecule has 2 N–H and O–H groups in total. The van der Waals surface area contributed by atoms with Crippen LogP contribution in [0.2, 0.25) is 10.0 Å². The van der Waals surface area contributed by atoms with Crippen LogP contribution in [0.1, 0.15) is 43.4 Å². The van der Waals surface area contributed by atoms with Crippen molar-refractivity contribution in [3.63, 3.8) is 0 Å². The number of imide groups is 1. The molecule has 1 spiro atoms. The summed E-state index contributed by atoms with van der Waals surface area (Å²) in [5.74, 6) is -2.14. The molecule has 2 fully saturated rings. The third-order valence-electron chi connectivity index (χ3n) is 8.45. The number of nitrogens with zero attached hydrogens (tertiary/aromatic N) is 4. The predicted molar refractivity (Wildman–Crippen MR) is 180 cm³/mol. The number of hydrogen-bond acceptors (Lipinski definition) is 8. The quantitative estimate of drug-likeness (QED) is 0.252. The predicted octanol–water partition coefficient (Wildman–Crippen LogP) is 4.88. The van der Waals surface area contributed by atoms with Gasteiger partial charge in [-0.25, -0.2) is 14.5 Å². The Kier molecular flexibility index (Phi) is 9.74. The third kappa shape index (κ3) is 7.11. The maximum absolute atomic E-state index is 14.5. The number of likely N-dealkylation sites (tertiary alicyclic amines) is 1. The second kappa shape index (κ2) is 13.5. The third-order valence-corrected chi connectivity index (χ3v) is 8.89. The van der Waals surface area contributed by atoms with Crippen molar-refractivity contribution >= 4 is 52.7 Å². The van der Waals surface area contributed by atoms with Crippen LogP contribution in [-0.2, 0) is 25.5 Å². The lowest BCUT2D eigenvalue weighted by molar-refractivity contribution is -0.158. The lowest BCUT2D eigenvalue weighted by Crippen LogP contribution is -2.54. The number of phenolic OH excluding ortho intramolecular Hbond substituents is 1. The Hall–Kier alpha value is -4.63. The number of nitriles is 1. The molecule has 3 aromatic rings. The van der Waals surface area contributed by atoms with Gasteiger partial charge >= 0.3 is 12.0 Å². The van der Waals surface area contributed by atoms with Gasteiger partial charge in [-0.3, -0.25) is 14.5 Å². The number of rotatable bonds is 8. The first-order valence-electron chi connectivity index (χ1n) is 15.2. The SMILES string of the molecule is CN1C(=O)N(c2cc(Cl)cc(Cl)c2)C(=O)[C@]12CN(CC(=O)NC(Cc1ccc(O)cc1)C(=O)OC(C)(C)C)C[C@H]2c1ccc(C#N)cc1. The first-order valence-corrected chi connectivity index (χ1v) is 16.0. The van der Waals surface area contributed by atoms with Gasteiger partial charge in [0.1, 0.15) is 22.9 Å². The molecule has 2 aliphatic rings. The van der Waals surface area contributed by atoms with E-state index in [-0.39, 0.29) is 47.5 Å². The van der Waals surface area contributed by atoms with Crippen LogP contribution in [0.15, 0.2) is 66.7 Å². The minimum Gasteiger partial charge on any atom is -0.508 e. The van der Waals surface area contributed by atoms with Crippen LogP contribution in [0.5, 0.6) is 5.75 Å². The zero-order valence-electron chi connectivity index (χ0n) is 26.9. The summed E-state index contributed by atoms with van der Waals surface area (Å²) in [6.45, 7) is 5.21. The van der Waals surface area contributed by atoms with Crippen LogP contribution >= 0.6 is 23.2 Å². The van der Waals surface area contributed by atoms with E-state index < -0.39 is 46.9 Å². The number of carbonyl (C=O) groups excluding carboxylic acids is 4. The molecule has 2 aliphatic heterocycles. The molecule has 0 bridgehead atoms. The van der Waals surface area contributed by atoms with E-state index in [1.165, 1.54) is 35.2 Å². The molecule has 48 heavy (non-hydrogen) atoms. The van der Waals surface area contributed by atoms with Gasteiger partial charge in [-0.05, 0) is 74.4 Å². The van der Waals surface area contributed by atoms with Gasteiger partial charge in [0.2, 0.25) is 5.91 Å². The number of nitrogens with one attached hydrogen (secondary N) is 1. The first-order chi connectivity index (χ1) is 22.6. The number of hydrogen-bond donors (Lipinski definition) is 2. The lowest BCUT2D eigenvalue weighted by atomic mass is 9.80. The molecule has 0 radical (unpaired) electrons. The van der Waals surface area contributed by atoms with Crippen molar-refractivity contribution < 1.29 is 29.0 Å². The molecule has 13 heteroatoms. The molecule has 0 aliphatic carbocycles. The maximum Gasteiger partial charge on any atom is 0.332 e. The standard InChI is InChI=1S/C35H35Cl2N5O6/c1-34(2,3)48-31(45)29(13-21-7-11-27(43)12-8-21)39-30(44)19-41-18-28(23-9-5-22(17-38)6-10-23)35(20-41)32(46)42(33(47)40(35)4)26-15-24(36)14-25(37)16-26/h5-12,14-16,28-29,43H,13,18-20H2,1-4H3,(H,39,44)/t28-,29?,35+/m0/s1. The Morgan fingerprint density at radius 1 is 1.06 bits per heavy atom. The van der Waals surface area contributed by atoms with E-state index >= 15 is 0 Å². The number of halogens is 2. The summed E-state index contributed by atoms with van der Waals surface area (Å²) < 4.78 is 5.59. The average Bonchev–Trinajstić information content (AvgIpc) is 3.47. The Bertz CT molecular complexity index is 1770. The highest BCUT2D eigenvalue weighted by atomic mass is 35.5. The van der Waals surface area contributed by atoms with Gasteiger partial charge in [0, 0.05) is 42.5 Å². The second-order valence-electron chi connectivity index (χ2n) is 13.0. The van der Waals surface area contributed by atoms with Crippen molar-refractivity contribution in [1.29, 1.82) is 5.26 Å². The smallest absolute Gasteiger partial charge is 0.332 e. The van der Waals surface area contributed by atoms with Crippen LogP contribution in [-0.4, -0.2) is 82.6 Å². The topological polar surface area (TPSA) is 143 Å². The molecule has 1 unspecified atom stereocenters. The highest BCUT2D eigenvalue weighted by Gasteiger charge is 2.64. The number of aromatic hydroxyl groups is 1. The number of urea groups is 1. The molecule has 3 atom stereocenters. The van der Waals surface area contributed by atoms with E-state index in [0.717, 1.165) is 4.90 Å². The van der Waals surface area contributed by atoms with Crippen molar-refractivity contribution in [3.05, 3.63) is 93.5 Å². The van der Waals surface area contributed by atoms with Crippen molar-refractivity contribution in [3.8, 4) is 11.8 Å². The molecule has 250 valence electrons. The van der Waals surface area contributed by atoms with Crippen molar-refractivity contribution in [1.82, 2.24) is 15.1 Å². The molecule has 11 nitrogen and oxygen atoms in total. The molecule has 4 amide bonds. The molecule has 2 heterocycles. The monoisotopic (exact) mass is 691 g/mol. The average molecular weight is 693 g/mol. The van der Waals surface area contributed by atoms with E-state index in [2.05, 4.69) is 11.4 Å². The van der Waals surface area contributed by atoms with Crippen LogP contribution in [0.4, 0.5) is 10.5 Å². The fourth-order valence-electron chi connectivity index (χ4n) is 6.29. The highest BCUT2D eigenvalue weighted by Crippen LogP contribution is 2.46. The Balaban J connectivity index is 1.44. The van der Waals surface area contributed by atoms with Crippen molar-refractivity contribution in [2.75, 3.05) is 31.6 Å². The van der Waals surface area contributed by atoms with Gasteiger partial charge in [0.05, 0.1) is 23.9 Å². The summed E-state index contributed by atoms with van der Waals surface area (Å²) in [6, 6.07) is 18.0. The molecule has 0 saturated carbocycles. The fourth-order valence-corrected chi connectivity index (χ4v) is 6.81. The van der Waals surface area contributed by atoms with E-state index in [1.54, 1.807) is 69.1 Å². The van der Waals surface area contributed by atoms with E-state index in [1.807, 2.05) is 0 Å². The van der Waals surface area contributed by atoms with Gasteiger partial charge in [-0.1, -0.05) is 47.5 Å². The van der Waals surface area contributed by atoms with Crippen LogP contribution in [0.3, 0.4) is 0 Å². The number of phenols is 1. The fraction of sp³-hybridized carbons (Fsp3) is 0.343. The summed E-state index contributed by atoms with van der Waals surface area (Å²) in [6.07, 6.45) is 0.117. The zero-order valence-corrected chi connectivity index (χ0v) is 28.4. The number of amides is 4. The molecule has 5 rings (SSSR count). The Labute approximate surface area is 288 Å². The largest absolute Gasteiger partial charge is 0.508 e.